The second-order valence-electron chi connectivity index (χ2n) is 6.61. The number of rotatable bonds is 5. The summed E-state index contributed by atoms with van der Waals surface area (Å²) >= 11 is 12.5. The van der Waals surface area contributed by atoms with Crippen molar-refractivity contribution in [2.24, 2.45) is 5.41 Å². The van der Waals surface area contributed by atoms with Crippen LogP contribution in [0.4, 0.5) is 0 Å². The highest BCUT2D eigenvalue weighted by Crippen LogP contribution is 2.50. The van der Waals surface area contributed by atoms with Crippen LogP contribution in [0.25, 0.3) is 0 Å². The lowest BCUT2D eigenvalue weighted by molar-refractivity contribution is -0.158. The van der Waals surface area contributed by atoms with Crippen molar-refractivity contribution in [1.29, 1.82) is 5.26 Å². The highest BCUT2D eigenvalue weighted by atomic mass is 35.5. The van der Waals surface area contributed by atoms with E-state index >= 15 is 0 Å². The molecule has 144 valence electrons. The second-order valence-corrected chi connectivity index (χ2v) is 7.40. The molecule has 0 saturated carbocycles. The first-order chi connectivity index (χ1) is 12.7. The van der Waals surface area contributed by atoms with Crippen molar-refractivity contribution in [3.8, 4) is 6.07 Å². The van der Waals surface area contributed by atoms with E-state index in [0.717, 1.165) is 0 Å². The van der Waals surface area contributed by atoms with Gasteiger partial charge in [0.2, 0.25) is 0 Å². The highest BCUT2D eigenvalue weighted by molar-refractivity contribution is 6.42. The summed E-state index contributed by atoms with van der Waals surface area (Å²) in [4.78, 5) is 25.0. The number of hydrogen-bond acceptors (Lipinski definition) is 5. The van der Waals surface area contributed by atoms with Crippen LogP contribution in [-0.2, 0) is 14.3 Å². The minimum atomic E-state index is -1.28. The number of carbonyl (C=O) groups is 2. The minimum absolute atomic E-state index is 0.0250. The molecule has 0 radical (unpaired) electrons. The van der Waals surface area contributed by atoms with E-state index in [1.807, 2.05) is 6.07 Å². The number of carboxylic acid groups (broad SMARTS) is 1. The molecule has 0 amide bonds. The molecular formula is C19H20Cl2N2O4. The van der Waals surface area contributed by atoms with Crippen LogP contribution in [0.2, 0.25) is 10.0 Å². The lowest BCUT2D eigenvalue weighted by Gasteiger charge is -2.45. The molecule has 3 atom stereocenters. The Bertz CT molecular complexity index is 847. The molecule has 2 N–H and O–H groups in total. The molecule has 1 aromatic carbocycles. The van der Waals surface area contributed by atoms with Gasteiger partial charge in [-0.3, -0.25) is 4.79 Å². The average Bonchev–Trinajstić information content (AvgIpc) is 2.60. The average molecular weight is 411 g/mol. The fourth-order valence-corrected chi connectivity index (χ4v) is 3.88. The zero-order chi connectivity index (χ0) is 20.4. The van der Waals surface area contributed by atoms with Gasteiger partial charge in [0.1, 0.15) is 6.61 Å². The van der Waals surface area contributed by atoms with Crippen molar-refractivity contribution in [3.05, 3.63) is 45.1 Å². The fourth-order valence-electron chi connectivity index (χ4n) is 3.46. The van der Waals surface area contributed by atoms with E-state index in [1.165, 1.54) is 0 Å². The zero-order valence-corrected chi connectivity index (χ0v) is 16.7. The molecule has 2 rings (SSSR count). The molecule has 6 nitrogen and oxygen atoms in total. The SMILES string of the molecule is CC1=C(C(=O)O)C(c2cccc(Cl)c2Cl)C(C)(C(=O)OCCC#N)C(C)N1. The van der Waals surface area contributed by atoms with E-state index in [4.69, 9.17) is 33.2 Å². The van der Waals surface area contributed by atoms with E-state index < -0.39 is 29.3 Å². The Labute approximate surface area is 167 Å². The van der Waals surface area contributed by atoms with Crippen LogP contribution in [0.3, 0.4) is 0 Å². The van der Waals surface area contributed by atoms with Crippen LogP contribution < -0.4 is 5.32 Å². The smallest absolute Gasteiger partial charge is 0.333 e. The number of aliphatic carboxylic acids is 1. The van der Waals surface area contributed by atoms with Gasteiger partial charge >= 0.3 is 11.9 Å². The predicted molar refractivity (Wildman–Crippen MR) is 101 cm³/mol. The number of benzene rings is 1. The zero-order valence-electron chi connectivity index (χ0n) is 15.2. The van der Waals surface area contributed by atoms with Crippen molar-refractivity contribution in [2.75, 3.05) is 6.61 Å². The summed E-state index contributed by atoms with van der Waals surface area (Å²) in [5.41, 5.74) is -0.374. The molecule has 0 fully saturated rings. The number of nitrogens with zero attached hydrogens (tertiary/aromatic N) is 1. The minimum Gasteiger partial charge on any atom is -0.478 e. The lowest BCUT2D eigenvalue weighted by atomic mass is 9.63. The number of esters is 1. The predicted octanol–water partition coefficient (Wildman–Crippen LogP) is 3.89. The summed E-state index contributed by atoms with van der Waals surface area (Å²) < 4.78 is 5.29. The molecule has 1 aromatic rings. The quantitative estimate of drug-likeness (QED) is 0.563. The van der Waals surface area contributed by atoms with Gasteiger partial charge in [-0.1, -0.05) is 35.3 Å². The molecule has 1 heterocycles. The Morgan fingerprint density at radius 2 is 2.07 bits per heavy atom. The summed E-state index contributed by atoms with van der Waals surface area (Å²) in [5, 5.41) is 22.1. The molecule has 0 spiro atoms. The van der Waals surface area contributed by atoms with Gasteiger partial charge in [-0.05, 0) is 32.4 Å². The summed E-state index contributed by atoms with van der Waals surface area (Å²) in [6.45, 7) is 4.99. The summed E-state index contributed by atoms with van der Waals surface area (Å²) in [7, 11) is 0. The van der Waals surface area contributed by atoms with Crippen LogP contribution in [0, 0.1) is 16.7 Å². The Kier molecular flexibility index (Phi) is 6.40. The van der Waals surface area contributed by atoms with E-state index in [1.54, 1.807) is 39.0 Å². The maximum absolute atomic E-state index is 13.0. The summed E-state index contributed by atoms with van der Waals surface area (Å²) in [6, 6.07) is 6.37. The second kappa shape index (κ2) is 8.20. The summed E-state index contributed by atoms with van der Waals surface area (Å²) in [6.07, 6.45) is 0.0485. The largest absolute Gasteiger partial charge is 0.478 e. The molecular weight excluding hydrogens is 391 g/mol. The van der Waals surface area contributed by atoms with Crippen molar-refractivity contribution in [1.82, 2.24) is 5.32 Å². The Morgan fingerprint density at radius 1 is 1.41 bits per heavy atom. The van der Waals surface area contributed by atoms with Gasteiger partial charge in [-0.2, -0.15) is 5.26 Å². The summed E-state index contributed by atoms with van der Waals surface area (Å²) in [5.74, 6) is -2.65. The Morgan fingerprint density at radius 3 is 2.67 bits per heavy atom. The molecule has 1 aliphatic heterocycles. The molecule has 0 saturated heterocycles. The third-order valence-corrected chi connectivity index (χ3v) is 5.87. The highest BCUT2D eigenvalue weighted by Gasteiger charge is 2.54. The van der Waals surface area contributed by atoms with Gasteiger partial charge in [-0.15, -0.1) is 0 Å². The van der Waals surface area contributed by atoms with Crippen LogP contribution in [0.1, 0.15) is 38.7 Å². The van der Waals surface area contributed by atoms with Gasteiger partial charge in [0.25, 0.3) is 0 Å². The van der Waals surface area contributed by atoms with Gasteiger partial charge in [0, 0.05) is 17.7 Å². The van der Waals surface area contributed by atoms with Gasteiger partial charge in [0.15, 0.2) is 0 Å². The van der Waals surface area contributed by atoms with E-state index in [-0.39, 0.29) is 28.6 Å². The third kappa shape index (κ3) is 3.76. The monoisotopic (exact) mass is 410 g/mol. The Hall–Kier alpha value is -2.23. The van der Waals surface area contributed by atoms with Crippen LogP contribution >= 0.6 is 23.2 Å². The van der Waals surface area contributed by atoms with Crippen molar-refractivity contribution >= 4 is 35.1 Å². The molecule has 0 aromatic heterocycles. The first kappa shape index (κ1) is 21.1. The van der Waals surface area contributed by atoms with E-state index in [2.05, 4.69) is 5.32 Å². The molecule has 0 aliphatic carbocycles. The van der Waals surface area contributed by atoms with Crippen LogP contribution in [0.5, 0.6) is 0 Å². The lowest BCUT2D eigenvalue weighted by Crippen LogP contribution is -2.55. The third-order valence-electron chi connectivity index (χ3n) is 5.03. The molecule has 27 heavy (non-hydrogen) atoms. The van der Waals surface area contributed by atoms with Gasteiger partial charge < -0.3 is 15.2 Å². The van der Waals surface area contributed by atoms with Crippen LogP contribution in [-0.4, -0.2) is 29.7 Å². The number of nitrogens with one attached hydrogen (secondary N) is 1. The number of hydrogen-bond donors (Lipinski definition) is 2. The number of halogens is 2. The molecule has 3 unspecified atom stereocenters. The first-order valence-corrected chi connectivity index (χ1v) is 9.10. The van der Waals surface area contributed by atoms with Gasteiger partial charge in [-0.25, -0.2) is 4.79 Å². The van der Waals surface area contributed by atoms with Crippen molar-refractivity contribution < 1.29 is 19.4 Å². The van der Waals surface area contributed by atoms with Crippen molar-refractivity contribution in [3.63, 3.8) is 0 Å². The molecule has 8 heteroatoms. The molecule has 0 bridgehead atoms. The Balaban J connectivity index is 2.69. The van der Waals surface area contributed by atoms with Crippen LogP contribution in [0.15, 0.2) is 29.5 Å². The fraction of sp³-hybridized carbons (Fsp3) is 0.421. The molecule has 1 aliphatic rings. The standard InChI is InChI=1S/C19H20Cl2N2O4/c1-10-14(17(24)25)15(12-6-4-7-13(20)16(12)21)19(3,11(2)23-10)18(26)27-9-5-8-22/h4,6-7,11,15,23H,5,9H2,1-3H3,(H,24,25). The van der Waals surface area contributed by atoms with Gasteiger partial charge in [0.05, 0.1) is 33.5 Å². The topological polar surface area (TPSA) is 99.4 Å². The number of allylic oxidation sites excluding steroid dienone is 1. The number of carboxylic acids is 1. The van der Waals surface area contributed by atoms with E-state index in [0.29, 0.717) is 11.3 Å². The van der Waals surface area contributed by atoms with Crippen molar-refractivity contribution in [2.45, 2.75) is 39.2 Å². The van der Waals surface area contributed by atoms with E-state index in [9.17, 15) is 14.7 Å². The normalized spacial score (nSPS) is 24.7. The maximum atomic E-state index is 13.0. The number of carbonyl (C=O) groups excluding carboxylic acids is 1. The first-order valence-electron chi connectivity index (χ1n) is 8.34. The number of nitriles is 1. The maximum Gasteiger partial charge on any atom is 0.333 e. The number of ether oxygens (including phenoxy) is 1.